The molecule has 1 saturated heterocycles. The topological polar surface area (TPSA) is 139 Å². The van der Waals surface area contributed by atoms with E-state index >= 15 is 0 Å². The Morgan fingerprint density at radius 3 is 2.15 bits per heavy atom. The van der Waals surface area contributed by atoms with Gasteiger partial charge in [0.05, 0.1) is 18.2 Å². The highest BCUT2D eigenvalue weighted by Gasteiger charge is 2.46. The number of morpholine rings is 1. The zero-order valence-electron chi connectivity index (χ0n) is 20.1. The fraction of sp³-hybridized carbons (Fsp3) is 0.435. The van der Waals surface area contributed by atoms with Gasteiger partial charge in [0, 0.05) is 31.2 Å². The Balaban J connectivity index is 0.000000317. The quantitative estimate of drug-likeness (QED) is 0.534. The number of carbonyl (C=O) groups is 3. The lowest BCUT2D eigenvalue weighted by molar-refractivity contribution is -0.193. The Labute approximate surface area is 217 Å². The molecule has 2 aliphatic rings. The van der Waals surface area contributed by atoms with Crippen molar-refractivity contribution in [2.45, 2.75) is 50.4 Å². The van der Waals surface area contributed by atoms with E-state index in [1.54, 1.807) is 18.6 Å². The van der Waals surface area contributed by atoms with Crippen molar-refractivity contribution in [2.75, 3.05) is 13.2 Å². The van der Waals surface area contributed by atoms with Crippen LogP contribution in [0.5, 0.6) is 5.88 Å². The van der Waals surface area contributed by atoms with Crippen molar-refractivity contribution < 1.29 is 60.4 Å². The van der Waals surface area contributed by atoms with Crippen LogP contribution in [-0.2, 0) is 14.3 Å². The van der Waals surface area contributed by atoms with Gasteiger partial charge in [-0.25, -0.2) is 14.6 Å². The zero-order valence-corrected chi connectivity index (χ0v) is 20.1. The Morgan fingerprint density at radius 1 is 1.03 bits per heavy atom. The van der Waals surface area contributed by atoms with Crippen molar-refractivity contribution in [1.82, 2.24) is 14.9 Å². The number of aromatic nitrogens is 2. The second-order valence-electron chi connectivity index (χ2n) is 8.16. The number of nitrogens with zero attached hydrogens (tertiary/aromatic N) is 3. The molecule has 2 aromatic heterocycles. The van der Waals surface area contributed by atoms with Gasteiger partial charge in [0.1, 0.15) is 12.2 Å². The standard InChI is InChI=1S/C19H21N3O3.2C2HF3O2/c1-13-10-14(12-20-11-13)19(23)22-8-9-24-18-15(22)5-6-16(18)25-17-4-2-3-7-21-17;2*3-2(4,5)1(6)7/h2-4,7,10-12,15-16,18H,5-6,8-9H2,1H3;2*(H,6,7)/t15-,16+,18+;;/m0../s1. The van der Waals surface area contributed by atoms with Crippen molar-refractivity contribution >= 4 is 17.8 Å². The number of carbonyl (C=O) groups excluding carboxylic acids is 1. The van der Waals surface area contributed by atoms with Gasteiger partial charge in [0.2, 0.25) is 5.88 Å². The van der Waals surface area contributed by atoms with Crippen molar-refractivity contribution in [1.29, 1.82) is 0 Å². The second kappa shape index (κ2) is 13.2. The lowest BCUT2D eigenvalue weighted by Gasteiger charge is -2.39. The van der Waals surface area contributed by atoms with E-state index in [0.29, 0.717) is 24.6 Å². The Kier molecular flexibility index (Phi) is 10.6. The van der Waals surface area contributed by atoms with Crippen LogP contribution >= 0.6 is 0 Å². The second-order valence-corrected chi connectivity index (χ2v) is 8.16. The minimum atomic E-state index is -5.08. The first-order valence-electron chi connectivity index (χ1n) is 11.1. The van der Waals surface area contributed by atoms with Gasteiger partial charge in [-0.05, 0) is 37.5 Å². The average Bonchev–Trinajstić information content (AvgIpc) is 3.26. The summed E-state index contributed by atoms with van der Waals surface area (Å²) < 4.78 is 75.4. The fourth-order valence-electron chi connectivity index (χ4n) is 3.70. The van der Waals surface area contributed by atoms with E-state index in [2.05, 4.69) is 9.97 Å². The number of aryl methyl sites for hydroxylation is 1. The third kappa shape index (κ3) is 9.38. The predicted octanol–water partition coefficient (Wildman–Crippen LogP) is 3.50. The minimum absolute atomic E-state index is 0.0213. The highest BCUT2D eigenvalue weighted by molar-refractivity contribution is 5.94. The molecule has 39 heavy (non-hydrogen) atoms. The number of carboxylic acids is 2. The Morgan fingerprint density at radius 2 is 1.64 bits per heavy atom. The molecule has 3 atom stereocenters. The van der Waals surface area contributed by atoms with Crippen LogP contribution < -0.4 is 4.74 Å². The predicted molar refractivity (Wildman–Crippen MR) is 119 cm³/mol. The van der Waals surface area contributed by atoms with Gasteiger partial charge in [0.25, 0.3) is 5.91 Å². The molecule has 214 valence electrons. The van der Waals surface area contributed by atoms with Crippen LogP contribution in [0.15, 0.2) is 42.9 Å². The van der Waals surface area contributed by atoms with E-state index in [0.717, 1.165) is 18.4 Å². The maximum Gasteiger partial charge on any atom is 0.490 e. The molecule has 0 radical (unpaired) electrons. The summed E-state index contributed by atoms with van der Waals surface area (Å²) in [5.74, 6) is -4.89. The number of hydrogen-bond donors (Lipinski definition) is 2. The maximum atomic E-state index is 12.9. The molecule has 10 nitrogen and oxygen atoms in total. The number of fused-ring (bicyclic) bond motifs is 1. The monoisotopic (exact) mass is 567 g/mol. The largest absolute Gasteiger partial charge is 0.490 e. The molecule has 3 heterocycles. The molecular formula is C23H23F6N3O7. The van der Waals surface area contributed by atoms with Crippen molar-refractivity contribution in [3.8, 4) is 5.88 Å². The van der Waals surface area contributed by atoms with Crippen molar-refractivity contribution in [2.24, 2.45) is 0 Å². The van der Waals surface area contributed by atoms with Crippen LogP contribution in [-0.4, -0.2) is 86.7 Å². The van der Waals surface area contributed by atoms with Gasteiger partial charge in [-0.2, -0.15) is 26.3 Å². The normalized spacial score (nSPS) is 20.4. The number of halogens is 6. The Bertz CT molecular complexity index is 1110. The number of aliphatic carboxylic acids is 2. The minimum Gasteiger partial charge on any atom is -0.475 e. The molecule has 4 rings (SSSR count). The van der Waals surface area contributed by atoms with Gasteiger partial charge < -0.3 is 24.6 Å². The maximum absolute atomic E-state index is 12.9. The number of amides is 1. The van der Waals surface area contributed by atoms with Crippen molar-refractivity contribution in [3.05, 3.63) is 54.0 Å². The zero-order chi connectivity index (χ0) is 29.4. The van der Waals surface area contributed by atoms with E-state index < -0.39 is 24.3 Å². The van der Waals surface area contributed by atoms with E-state index in [1.165, 1.54) is 0 Å². The van der Waals surface area contributed by atoms with E-state index in [-0.39, 0.29) is 24.2 Å². The third-order valence-electron chi connectivity index (χ3n) is 5.31. The van der Waals surface area contributed by atoms with Crippen LogP contribution in [0.3, 0.4) is 0 Å². The summed E-state index contributed by atoms with van der Waals surface area (Å²) in [6.07, 6.45) is -3.54. The molecule has 1 saturated carbocycles. The molecule has 0 bridgehead atoms. The number of alkyl halides is 6. The lowest BCUT2D eigenvalue weighted by Crippen LogP contribution is -2.54. The lowest BCUT2D eigenvalue weighted by atomic mass is 10.1. The molecule has 0 aromatic carbocycles. The number of ether oxygens (including phenoxy) is 2. The molecule has 1 amide bonds. The van der Waals surface area contributed by atoms with Gasteiger partial charge >= 0.3 is 24.3 Å². The summed E-state index contributed by atoms with van der Waals surface area (Å²) in [4.78, 5) is 41.0. The molecule has 0 unspecified atom stereocenters. The first-order chi connectivity index (χ1) is 18.1. The summed E-state index contributed by atoms with van der Waals surface area (Å²) >= 11 is 0. The number of carboxylic acid groups (broad SMARTS) is 2. The highest BCUT2D eigenvalue weighted by atomic mass is 19.4. The summed E-state index contributed by atoms with van der Waals surface area (Å²) in [6.45, 7) is 3.07. The summed E-state index contributed by atoms with van der Waals surface area (Å²) in [5.41, 5.74) is 1.62. The molecule has 1 aliphatic carbocycles. The number of pyridine rings is 2. The smallest absolute Gasteiger partial charge is 0.475 e. The summed E-state index contributed by atoms with van der Waals surface area (Å²) in [5, 5.41) is 14.2. The number of hydrogen-bond acceptors (Lipinski definition) is 7. The van der Waals surface area contributed by atoms with Gasteiger partial charge in [0.15, 0.2) is 0 Å². The van der Waals surface area contributed by atoms with Crippen LogP contribution in [0.4, 0.5) is 26.3 Å². The van der Waals surface area contributed by atoms with Gasteiger partial charge in [-0.15, -0.1) is 0 Å². The third-order valence-corrected chi connectivity index (χ3v) is 5.31. The SMILES string of the molecule is Cc1cncc(C(=O)N2CCO[C@H]3[C@H](Oc4ccccn4)CC[C@@H]32)c1.O=C(O)C(F)(F)F.O=C(O)C(F)(F)F. The van der Waals surface area contributed by atoms with Gasteiger partial charge in [-0.3, -0.25) is 9.78 Å². The first kappa shape index (κ1) is 31.3. The van der Waals surface area contributed by atoms with Crippen LogP contribution in [0.1, 0.15) is 28.8 Å². The Hall–Kier alpha value is -3.95. The first-order valence-corrected chi connectivity index (χ1v) is 11.1. The van der Waals surface area contributed by atoms with Gasteiger partial charge in [-0.1, -0.05) is 6.07 Å². The summed E-state index contributed by atoms with van der Waals surface area (Å²) in [7, 11) is 0. The highest BCUT2D eigenvalue weighted by Crippen LogP contribution is 2.33. The van der Waals surface area contributed by atoms with Crippen LogP contribution in [0, 0.1) is 6.92 Å². The van der Waals surface area contributed by atoms with Crippen LogP contribution in [0.2, 0.25) is 0 Å². The van der Waals surface area contributed by atoms with Crippen LogP contribution in [0.25, 0.3) is 0 Å². The van der Waals surface area contributed by atoms with Crippen molar-refractivity contribution in [3.63, 3.8) is 0 Å². The van der Waals surface area contributed by atoms with E-state index in [4.69, 9.17) is 29.3 Å². The molecule has 2 aromatic rings. The molecule has 1 aliphatic heterocycles. The summed E-state index contributed by atoms with van der Waals surface area (Å²) in [6, 6.07) is 7.53. The molecular weight excluding hydrogens is 544 g/mol. The molecule has 0 spiro atoms. The fourth-order valence-corrected chi connectivity index (χ4v) is 3.70. The van der Waals surface area contributed by atoms with E-state index in [9.17, 15) is 31.1 Å². The molecule has 2 fully saturated rings. The molecule has 16 heteroatoms. The number of rotatable bonds is 3. The molecule has 2 N–H and O–H groups in total. The van der Waals surface area contributed by atoms with E-state index in [1.807, 2.05) is 36.1 Å². The average molecular weight is 567 g/mol.